The van der Waals surface area contributed by atoms with Gasteiger partial charge < -0.3 is 4.74 Å². The van der Waals surface area contributed by atoms with Gasteiger partial charge in [-0.1, -0.05) is 31.2 Å². The Labute approximate surface area is 89.8 Å². The lowest BCUT2D eigenvalue weighted by Gasteiger charge is -2.29. The smallest absolute Gasteiger partial charge is 0.126 e. The number of ether oxygens (including phenoxy) is 1. The molecular formula is C14H14O. The topological polar surface area (TPSA) is 9.23 Å². The fraction of sp³-hybridized carbons (Fsp3) is 0.429. The summed E-state index contributed by atoms with van der Waals surface area (Å²) in [5, 5.41) is 0. The van der Waals surface area contributed by atoms with Crippen molar-refractivity contribution in [2.45, 2.75) is 13.3 Å². The van der Waals surface area contributed by atoms with Crippen molar-refractivity contribution in [2.24, 2.45) is 17.3 Å². The zero-order valence-electron chi connectivity index (χ0n) is 8.86. The highest BCUT2D eigenvalue weighted by Gasteiger charge is 2.60. The highest BCUT2D eigenvalue weighted by atomic mass is 16.5. The first-order valence-corrected chi connectivity index (χ1v) is 5.73. The summed E-state index contributed by atoms with van der Waals surface area (Å²) in [4.78, 5) is 0. The molecule has 1 fully saturated rings. The van der Waals surface area contributed by atoms with Crippen LogP contribution in [0.2, 0.25) is 0 Å². The number of benzene rings is 1. The molecular weight excluding hydrogens is 184 g/mol. The first-order valence-electron chi connectivity index (χ1n) is 5.73. The average molecular weight is 198 g/mol. The molecule has 15 heavy (non-hydrogen) atoms. The van der Waals surface area contributed by atoms with Crippen molar-refractivity contribution in [1.82, 2.24) is 0 Å². The third kappa shape index (κ3) is 0.847. The molecule has 3 aliphatic rings. The van der Waals surface area contributed by atoms with Crippen molar-refractivity contribution in [3.05, 3.63) is 35.9 Å². The maximum Gasteiger partial charge on any atom is 0.126 e. The average Bonchev–Trinajstić information content (AvgIpc) is 2.83. The number of allylic oxidation sites excluding steroid dienone is 1. The number of rotatable bonds is 0. The summed E-state index contributed by atoms with van der Waals surface area (Å²) in [7, 11) is 0. The summed E-state index contributed by atoms with van der Waals surface area (Å²) < 4.78 is 5.86. The monoisotopic (exact) mass is 198 g/mol. The van der Waals surface area contributed by atoms with Crippen molar-refractivity contribution in [3.8, 4) is 5.75 Å². The molecule has 3 atom stereocenters. The van der Waals surface area contributed by atoms with E-state index in [1.165, 1.54) is 12.0 Å². The molecule has 1 aromatic rings. The van der Waals surface area contributed by atoms with E-state index in [1.807, 2.05) is 0 Å². The summed E-state index contributed by atoms with van der Waals surface area (Å²) in [6.45, 7) is 3.29. The maximum absolute atomic E-state index is 5.86. The Balaban J connectivity index is 1.89. The molecule has 76 valence electrons. The van der Waals surface area contributed by atoms with Gasteiger partial charge in [0.25, 0.3) is 0 Å². The lowest BCUT2D eigenvalue weighted by Crippen LogP contribution is -2.24. The van der Waals surface area contributed by atoms with Crippen LogP contribution < -0.4 is 4.74 Å². The third-order valence-electron chi connectivity index (χ3n) is 4.50. The second-order valence-corrected chi connectivity index (χ2v) is 5.30. The second-order valence-electron chi connectivity index (χ2n) is 5.30. The van der Waals surface area contributed by atoms with E-state index in [0.717, 1.165) is 18.3 Å². The minimum absolute atomic E-state index is 0.531. The molecule has 2 aliphatic carbocycles. The van der Waals surface area contributed by atoms with Crippen molar-refractivity contribution in [1.29, 1.82) is 0 Å². The highest BCUT2D eigenvalue weighted by molar-refractivity contribution is 5.78. The van der Waals surface area contributed by atoms with Crippen molar-refractivity contribution < 1.29 is 4.74 Å². The molecule has 0 bridgehead atoms. The summed E-state index contributed by atoms with van der Waals surface area (Å²) in [5.41, 5.74) is 3.42. The number of para-hydroxylation sites is 1. The van der Waals surface area contributed by atoms with Crippen molar-refractivity contribution >= 4 is 5.57 Å². The SMILES string of the molecule is CC12CC1C=C1c3ccccc3OCC12. The van der Waals surface area contributed by atoms with Gasteiger partial charge in [0.05, 0.1) is 6.61 Å². The quantitative estimate of drug-likeness (QED) is 0.622. The highest BCUT2D eigenvalue weighted by Crippen LogP contribution is 2.68. The summed E-state index contributed by atoms with van der Waals surface area (Å²) in [6, 6.07) is 8.44. The predicted octanol–water partition coefficient (Wildman–Crippen LogP) is 3.12. The van der Waals surface area contributed by atoms with Crippen LogP contribution >= 0.6 is 0 Å². The molecule has 1 heterocycles. The molecule has 3 unspecified atom stereocenters. The minimum Gasteiger partial charge on any atom is -0.492 e. The van der Waals surface area contributed by atoms with Gasteiger partial charge in [0.15, 0.2) is 0 Å². The second kappa shape index (κ2) is 2.29. The van der Waals surface area contributed by atoms with Crippen LogP contribution in [0.1, 0.15) is 18.9 Å². The van der Waals surface area contributed by atoms with Crippen LogP contribution in [0.5, 0.6) is 5.75 Å². The minimum atomic E-state index is 0.531. The first kappa shape index (κ1) is 7.98. The van der Waals surface area contributed by atoms with Gasteiger partial charge in [0.1, 0.15) is 5.75 Å². The lowest BCUT2D eigenvalue weighted by molar-refractivity contribution is 0.220. The molecule has 1 heteroatoms. The Morgan fingerprint density at radius 3 is 3.13 bits per heavy atom. The van der Waals surface area contributed by atoms with Crippen LogP contribution in [0.4, 0.5) is 0 Å². The molecule has 1 aliphatic heterocycles. The van der Waals surface area contributed by atoms with Gasteiger partial charge in [-0.3, -0.25) is 0 Å². The fourth-order valence-electron chi connectivity index (χ4n) is 3.31. The Hall–Kier alpha value is -1.24. The van der Waals surface area contributed by atoms with Gasteiger partial charge >= 0.3 is 0 Å². The van der Waals surface area contributed by atoms with Crippen LogP contribution in [0, 0.1) is 17.3 Å². The first-order chi connectivity index (χ1) is 7.29. The van der Waals surface area contributed by atoms with Crippen LogP contribution in [0.15, 0.2) is 30.3 Å². The Morgan fingerprint density at radius 2 is 2.20 bits per heavy atom. The normalized spacial score (nSPS) is 39.7. The van der Waals surface area contributed by atoms with E-state index < -0.39 is 0 Å². The zero-order chi connectivity index (χ0) is 10.0. The molecule has 0 aromatic heterocycles. The van der Waals surface area contributed by atoms with Crippen molar-refractivity contribution in [3.63, 3.8) is 0 Å². The van der Waals surface area contributed by atoms with Gasteiger partial charge in [0, 0.05) is 11.5 Å². The fourth-order valence-corrected chi connectivity index (χ4v) is 3.31. The summed E-state index contributed by atoms with van der Waals surface area (Å²) in [5.74, 6) is 2.55. The number of hydrogen-bond donors (Lipinski definition) is 0. The van der Waals surface area contributed by atoms with Gasteiger partial charge in [0.2, 0.25) is 0 Å². The lowest BCUT2D eigenvalue weighted by atomic mass is 9.83. The number of hydrogen-bond acceptors (Lipinski definition) is 1. The predicted molar refractivity (Wildman–Crippen MR) is 59.6 cm³/mol. The molecule has 0 N–H and O–H groups in total. The van der Waals surface area contributed by atoms with E-state index in [1.54, 1.807) is 5.57 Å². The van der Waals surface area contributed by atoms with Gasteiger partial charge in [-0.05, 0) is 29.4 Å². The molecule has 0 saturated heterocycles. The number of fused-ring (bicyclic) bond motifs is 5. The Morgan fingerprint density at radius 1 is 1.33 bits per heavy atom. The summed E-state index contributed by atoms with van der Waals surface area (Å²) >= 11 is 0. The molecule has 0 radical (unpaired) electrons. The molecule has 1 saturated carbocycles. The van der Waals surface area contributed by atoms with E-state index in [0.29, 0.717) is 11.3 Å². The van der Waals surface area contributed by atoms with Gasteiger partial charge in [-0.15, -0.1) is 0 Å². The Bertz CT molecular complexity index is 474. The molecule has 1 aromatic carbocycles. The van der Waals surface area contributed by atoms with E-state index in [2.05, 4.69) is 37.3 Å². The van der Waals surface area contributed by atoms with E-state index >= 15 is 0 Å². The molecule has 4 rings (SSSR count). The largest absolute Gasteiger partial charge is 0.492 e. The van der Waals surface area contributed by atoms with Crippen LogP contribution in [-0.4, -0.2) is 6.61 Å². The van der Waals surface area contributed by atoms with Crippen LogP contribution in [0.3, 0.4) is 0 Å². The van der Waals surface area contributed by atoms with Crippen molar-refractivity contribution in [2.75, 3.05) is 6.61 Å². The van der Waals surface area contributed by atoms with E-state index in [4.69, 9.17) is 4.74 Å². The third-order valence-corrected chi connectivity index (χ3v) is 4.50. The summed E-state index contributed by atoms with van der Waals surface area (Å²) in [6.07, 6.45) is 3.86. The van der Waals surface area contributed by atoms with Gasteiger partial charge in [-0.25, -0.2) is 0 Å². The van der Waals surface area contributed by atoms with E-state index in [9.17, 15) is 0 Å². The zero-order valence-corrected chi connectivity index (χ0v) is 8.86. The van der Waals surface area contributed by atoms with Crippen LogP contribution in [-0.2, 0) is 0 Å². The molecule has 1 nitrogen and oxygen atoms in total. The van der Waals surface area contributed by atoms with Crippen LogP contribution in [0.25, 0.3) is 5.57 Å². The maximum atomic E-state index is 5.86. The Kier molecular flexibility index (Phi) is 1.22. The van der Waals surface area contributed by atoms with Gasteiger partial charge in [-0.2, -0.15) is 0 Å². The molecule has 0 spiro atoms. The van der Waals surface area contributed by atoms with E-state index in [-0.39, 0.29) is 0 Å². The standard InChI is InChI=1S/C14H14O/c1-14-7-9(14)6-11-10-4-2-3-5-13(10)15-8-12(11)14/h2-6,9,12H,7-8H2,1H3. The molecule has 0 amide bonds.